The van der Waals surface area contributed by atoms with Crippen LogP contribution in [0.25, 0.3) is 0 Å². The van der Waals surface area contributed by atoms with Crippen LogP contribution in [-0.4, -0.2) is 60.8 Å². The number of aromatic nitrogens is 1. The van der Waals surface area contributed by atoms with E-state index in [0.29, 0.717) is 12.3 Å². The molecule has 152 valence electrons. The van der Waals surface area contributed by atoms with Crippen molar-refractivity contribution < 1.29 is 9.84 Å². The Bertz CT molecular complexity index is 764. The lowest BCUT2D eigenvalue weighted by Crippen LogP contribution is -2.52. The molecule has 0 amide bonds. The van der Waals surface area contributed by atoms with E-state index in [2.05, 4.69) is 27.0 Å². The van der Waals surface area contributed by atoms with E-state index in [4.69, 9.17) is 9.73 Å². The van der Waals surface area contributed by atoms with E-state index >= 15 is 0 Å². The summed E-state index contributed by atoms with van der Waals surface area (Å²) in [5, 5.41) is 13.3. The summed E-state index contributed by atoms with van der Waals surface area (Å²) in [4.78, 5) is 13.7. The fourth-order valence-electron chi connectivity index (χ4n) is 3.11. The Kier molecular flexibility index (Phi) is 8.62. The maximum atomic E-state index is 9.94. The quantitative estimate of drug-likeness (QED) is 0.376. The zero-order valence-corrected chi connectivity index (χ0v) is 18.7. The first-order chi connectivity index (χ1) is 13.2. The normalized spacial score (nSPS) is 14.4. The maximum Gasteiger partial charge on any atom is 0.194 e. The van der Waals surface area contributed by atoms with Crippen molar-refractivity contribution in [3.63, 3.8) is 0 Å². The van der Waals surface area contributed by atoms with Gasteiger partial charge in [-0.05, 0) is 36.8 Å². The van der Waals surface area contributed by atoms with Gasteiger partial charge in [0.25, 0.3) is 0 Å². The van der Waals surface area contributed by atoms with Crippen molar-refractivity contribution in [1.29, 1.82) is 0 Å². The molecule has 8 heteroatoms. The number of phenols is 1. The molecule has 1 aliphatic rings. The van der Waals surface area contributed by atoms with Crippen LogP contribution in [0.1, 0.15) is 12.5 Å². The number of nitrogens with zero attached hydrogens (tertiary/aromatic N) is 4. The summed E-state index contributed by atoms with van der Waals surface area (Å²) in [7, 11) is 1.54. The number of guanidine groups is 1. The number of hydrogen-bond donors (Lipinski definition) is 2. The number of pyridine rings is 1. The molecule has 2 heterocycles. The Labute approximate surface area is 183 Å². The van der Waals surface area contributed by atoms with E-state index in [9.17, 15) is 5.11 Å². The molecule has 0 aliphatic carbocycles. The number of benzene rings is 1. The highest BCUT2D eigenvalue weighted by Crippen LogP contribution is 2.26. The summed E-state index contributed by atoms with van der Waals surface area (Å²) in [5.74, 6) is 2.53. The van der Waals surface area contributed by atoms with E-state index in [1.54, 1.807) is 19.2 Å². The first-order valence-corrected chi connectivity index (χ1v) is 9.26. The van der Waals surface area contributed by atoms with Crippen LogP contribution in [0.15, 0.2) is 47.6 Å². The number of nitrogens with one attached hydrogen (secondary N) is 1. The van der Waals surface area contributed by atoms with Gasteiger partial charge in [0.15, 0.2) is 17.5 Å². The molecule has 1 aliphatic heterocycles. The second kappa shape index (κ2) is 10.9. The van der Waals surface area contributed by atoms with Crippen LogP contribution in [-0.2, 0) is 6.54 Å². The molecular formula is C20H28IN5O2. The Morgan fingerprint density at radius 3 is 2.61 bits per heavy atom. The van der Waals surface area contributed by atoms with Crippen molar-refractivity contribution in [2.75, 3.05) is 44.7 Å². The molecule has 1 aromatic carbocycles. The van der Waals surface area contributed by atoms with Gasteiger partial charge in [-0.25, -0.2) is 9.98 Å². The number of rotatable bonds is 5. The largest absolute Gasteiger partial charge is 0.504 e. The van der Waals surface area contributed by atoms with Crippen molar-refractivity contribution in [1.82, 2.24) is 15.2 Å². The Morgan fingerprint density at radius 1 is 1.21 bits per heavy atom. The number of anilines is 1. The van der Waals surface area contributed by atoms with Crippen molar-refractivity contribution in [2.45, 2.75) is 13.5 Å². The number of piperazine rings is 1. The van der Waals surface area contributed by atoms with E-state index in [1.807, 2.05) is 30.5 Å². The van der Waals surface area contributed by atoms with Crippen LogP contribution >= 0.6 is 24.0 Å². The van der Waals surface area contributed by atoms with Gasteiger partial charge in [-0.15, -0.1) is 24.0 Å². The van der Waals surface area contributed by atoms with Crippen LogP contribution in [0.3, 0.4) is 0 Å². The van der Waals surface area contributed by atoms with Gasteiger partial charge in [0, 0.05) is 38.9 Å². The smallest absolute Gasteiger partial charge is 0.194 e. The zero-order chi connectivity index (χ0) is 19.1. The second-order valence-corrected chi connectivity index (χ2v) is 6.34. The van der Waals surface area contributed by atoms with E-state index in [-0.39, 0.29) is 29.7 Å². The number of halogens is 1. The lowest BCUT2D eigenvalue weighted by atomic mass is 10.2. The van der Waals surface area contributed by atoms with Gasteiger partial charge in [0.1, 0.15) is 5.82 Å². The van der Waals surface area contributed by atoms with Crippen molar-refractivity contribution >= 4 is 35.8 Å². The zero-order valence-electron chi connectivity index (χ0n) is 16.3. The number of aliphatic imine (C=N–C) groups is 1. The lowest BCUT2D eigenvalue weighted by Gasteiger charge is -2.37. The molecule has 0 radical (unpaired) electrons. The summed E-state index contributed by atoms with van der Waals surface area (Å²) in [6, 6.07) is 11.4. The number of phenolic OH excluding ortho intramolecular Hbond substituents is 1. The first-order valence-electron chi connectivity index (χ1n) is 9.26. The molecule has 0 spiro atoms. The summed E-state index contributed by atoms with van der Waals surface area (Å²) in [6.07, 6.45) is 1.83. The summed E-state index contributed by atoms with van der Waals surface area (Å²) < 4.78 is 5.09. The maximum absolute atomic E-state index is 9.94. The SMILES string of the molecule is CCNC(=NCc1ccc(OC)c(O)c1)N1CCN(c2ccccn2)CC1.I. The Balaban J connectivity index is 0.00000280. The molecule has 0 unspecified atom stereocenters. The van der Waals surface area contributed by atoms with Crippen LogP contribution in [0, 0.1) is 0 Å². The third-order valence-corrected chi connectivity index (χ3v) is 4.54. The number of aromatic hydroxyl groups is 1. The number of ether oxygens (including phenoxy) is 1. The summed E-state index contributed by atoms with van der Waals surface area (Å²) in [5.41, 5.74) is 0.941. The monoisotopic (exact) mass is 497 g/mol. The van der Waals surface area contributed by atoms with Gasteiger partial charge in [0.05, 0.1) is 13.7 Å². The minimum Gasteiger partial charge on any atom is -0.504 e. The van der Waals surface area contributed by atoms with Crippen LogP contribution in [0.4, 0.5) is 5.82 Å². The van der Waals surface area contributed by atoms with Gasteiger partial charge >= 0.3 is 0 Å². The molecule has 1 saturated heterocycles. The molecule has 0 saturated carbocycles. The van der Waals surface area contributed by atoms with Crippen molar-refractivity contribution in [2.24, 2.45) is 4.99 Å². The van der Waals surface area contributed by atoms with E-state index < -0.39 is 0 Å². The first kappa shape index (κ1) is 22.1. The molecule has 2 aromatic rings. The van der Waals surface area contributed by atoms with Crippen molar-refractivity contribution in [3.05, 3.63) is 48.2 Å². The fraction of sp³-hybridized carbons (Fsp3) is 0.400. The van der Waals surface area contributed by atoms with Gasteiger partial charge in [0.2, 0.25) is 0 Å². The molecule has 2 N–H and O–H groups in total. The van der Waals surface area contributed by atoms with Gasteiger partial charge < -0.3 is 25.0 Å². The molecule has 3 rings (SSSR count). The van der Waals surface area contributed by atoms with Crippen LogP contribution in [0.5, 0.6) is 11.5 Å². The predicted molar refractivity (Wildman–Crippen MR) is 123 cm³/mol. The molecule has 0 atom stereocenters. The molecular weight excluding hydrogens is 469 g/mol. The third-order valence-electron chi connectivity index (χ3n) is 4.54. The summed E-state index contributed by atoms with van der Waals surface area (Å²) in [6.45, 7) is 6.97. The molecule has 28 heavy (non-hydrogen) atoms. The lowest BCUT2D eigenvalue weighted by molar-refractivity contribution is 0.370. The minimum atomic E-state index is 0. The highest BCUT2D eigenvalue weighted by Gasteiger charge is 2.20. The Morgan fingerprint density at radius 2 is 2.00 bits per heavy atom. The minimum absolute atomic E-state index is 0. The molecule has 0 bridgehead atoms. The highest BCUT2D eigenvalue weighted by molar-refractivity contribution is 14.0. The van der Waals surface area contributed by atoms with Crippen LogP contribution in [0.2, 0.25) is 0 Å². The van der Waals surface area contributed by atoms with Crippen LogP contribution < -0.4 is 15.0 Å². The number of methoxy groups -OCH3 is 1. The molecule has 1 aromatic heterocycles. The Hall–Kier alpha value is -2.23. The second-order valence-electron chi connectivity index (χ2n) is 6.34. The van der Waals surface area contributed by atoms with E-state index in [0.717, 1.165) is 50.1 Å². The molecule has 7 nitrogen and oxygen atoms in total. The molecule has 1 fully saturated rings. The third kappa shape index (κ3) is 5.63. The summed E-state index contributed by atoms with van der Waals surface area (Å²) >= 11 is 0. The standard InChI is InChI=1S/C20H27N5O2.HI/c1-3-21-20(23-15-16-7-8-18(27-2)17(26)14-16)25-12-10-24(11-13-25)19-6-4-5-9-22-19;/h4-9,14,26H,3,10-13,15H2,1-2H3,(H,21,23);1H. The average molecular weight is 497 g/mol. The highest BCUT2D eigenvalue weighted by atomic mass is 127. The fourth-order valence-corrected chi connectivity index (χ4v) is 3.11. The topological polar surface area (TPSA) is 73.2 Å². The van der Waals surface area contributed by atoms with Gasteiger partial charge in [-0.3, -0.25) is 0 Å². The predicted octanol–water partition coefficient (Wildman–Crippen LogP) is 2.70. The number of hydrogen-bond acceptors (Lipinski definition) is 5. The van der Waals surface area contributed by atoms with Gasteiger partial charge in [-0.2, -0.15) is 0 Å². The van der Waals surface area contributed by atoms with Crippen molar-refractivity contribution in [3.8, 4) is 11.5 Å². The van der Waals surface area contributed by atoms with Gasteiger partial charge in [-0.1, -0.05) is 12.1 Å². The van der Waals surface area contributed by atoms with E-state index in [1.165, 1.54) is 0 Å². The average Bonchev–Trinajstić information content (AvgIpc) is 2.72.